The van der Waals surface area contributed by atoms with Crippen LogP contribution >= 0.6 is 12.4 Å². The summed E-state index contributed by atoms with van der Waals surface area (Å²) in [4.78, 5) is 24.5. The molecule has 2 N–H and O–H groups in total. The van der Waals surface area contributed by atoms with Crippen LogP contribution < -0.4 is 10.6 Å². The third-order valence-corrected chi connectivity index (χ3v) is 4.61. The van der Waals surface area contributed by atoms with E-state index in [1.54, 1.807) is 0 Å². The number of carbonyl (C=O) groups is 2. The molecule has 2 aliphatic rings. The van der Waals surface area contributed by atoms with Gasteiger partial charge in [-0.15, -0.1) is 12.4 Å². The van der Waals surface area contributed by atoms with E-state index in [0.717, 1.165) is 32.4 Å². The van der Waals surface area contributed by atoms with Gasteiger partial charge in [0.2, 0.25) is 0 Å². The fraction of sp³-hybridized carbons (Fsp3) is 0.625. The van der Waals surface area contributed by atoms with Crippen LogP contribution in [-0.2, 0) is 6.42 Å². The standard InChI is InChI=1S/C16H22N2O3.ClH/c1-9-8-17-7-6-11(9)18-16(20)15-10(2)14-12(19)4-3-5-13(14)21-15;/h9,11,17H,3-8H2,1-2H3,(H,18,20);1H. The Morgan fingerprint density at radius 3 is 2.82 bits per heavy atom. The van der Waals surface area contributed by atoms with Crippen LogP contribution in [0.25, 0.3) is 0 Å². The molecule has 0 aromatic carbocycles. The molecule has 1 fully saturated rings. The first kappa shape index (κ1) is 17.0. The van der Waals surface area contributed by atoms with Gasteiger partial charge >= 0.3 is 0 Å². The fourth-order valence-electron chi connectivity index (χ4n) is 3.33. The summed E-state index contributed by atoms with van der Waals surface area (Å²) in [5.41, 5.74) is 1.35. The van der Waals surface area contributed by atoms with Crippen molar-refractivity contribution in [3.8, 4) is 0 Å². The van der Waals surface area contributed by atoms with Crippen molar-refractivity contribution in [1.82, 2.24) is 10.6 Å². The van der Waals surface area contributed by atoms with Crippen LogP contribution in [-0.4, -0.2) is 30.8 Å². The summed E-state index contributed by atoms with van der Waals surface area (Å²) in [5.74, 6) is 1.32. The number of hydrogen-bond donors (Lipinski definition) is 2. The van der Waals surface area contributed by atoms with Gasteiger partial charge in [-0.3, -0.25) is 9.59 Å². The molecule has 1 aromatic rings. The number of aryl methyl sites for hydroxylation is 1. The number of rotatable bonds is 2. The average molecular weight is 327 g/mol. The highest BCUT2D eigenvalue weighted by Crippen LogP contribution is 2.29. The first-order chi connectivity index (χ1) is 10.1. The van der Waals surface area contributed by atoms with Gasteiger partial charge in [-0.05, 0) is 38.8 Å². The number of carbonyl (C=O) groups excluding carboxylic acids is 2. The summed E-state index contributed by atoms with van der Waals surface area (Å²) < 4.78 is 5.70. The zero-order valence-corrected chi connectivity index (χ0v) is 13.8. The van der Waals surface area contributed by atoms with Gasteiger partial charge < -0.3 is 15.1 Å². The Kier molecular flexibility index (Phi) is 5.29. The number of Topliss-reactive ketones (excluding diaryl/α,β-unsaturated/α-hetero) is 1. The molecule has 2 unspecified atom stereocenters. The topological polar surface area (TPSA) is 71.3 Å². The monoisotopic (exact) mass is 326 g/mol. The number of piperidine rings is 1. The Hall–Kier alpha value is -1.33. The maximum absolute atomic E-state index is 12.5. The SMILES string of the molecule is Cc1c(C(=O)NC2CCNCC2C)oc2c1C(=O)CCC2.Cl. The third-order valence-electron chi connectivity index (χ3n) is 4.61. The Morgan fingerprint density at radius 1 is 1.36 bits per heavy atom. The van der Waals surface area contributed by atoms with Crippen LogP contribution in [0.15, 0.2) is 4.42 Å². The number of furan rings is 1. The van der Waals surface area contributed by atoms with Crippen molar-refractivity contribution in [2.45, 2.75) is 45.6 Å². The lowest BCUT2D eigenvalue weighted by molar-refractivity contribution is 0.0881. The lowest BCUT2D eigenvalue weighted by Crippen LogP contribution is -2.48. The van der Waals surface area contributed by atoms with E-state index in [2.05, 4.69) is 17.6 Å². The molecular formula is C16H23ClN2O3. The van der Waals surface area contributed by atoms with Gasteiger partial charge in [0.05, 0.1) is 5.56 Å². The van der Waals surface area contributed by atoms with Crippen LogP contribution in [0.3, 0.4) is 0 Å². The first-order valence-electron chi connectivity index (χ1n) is 7.75. The van der Waals surface area contributed by atoms with Crippen LogP contribution in [0.2, 0.25) is 0 Å². The quantitative estimate of drug-likeness (QED) is 0.874. The summed E-state index contributed by atoms with van der Waals surface area (Å²) >= 11 is 0. The minimum Gasteiger partial charge on any atom is -0.455 e. The second-order valence-electron chi connectivity index (χ2n) is 6.18. The highest BCUT2D eigenvalue weighted by atomic mass is 35.5. The summed E-state index contributed by atoms with van der Waals surface area (Å²) in [7, 11) is 0. The van der Waals surface area contributed by atoms with Crippen molar-refractivity contribution in [3.63, 3.8) is 0 Å². The molecule has 0 spiro atoms. The van der Waals surface area contributed by atoms with E-state index in [-0.39, 0.29) is 30.1 Å². The Bertz CT molecular complexity index is 582. The molecule has 0 bridgehead atoms. The van der Waals surface area contributed by atoms with E-state index in [0.29, 0.717) is 35.0 Å². The van der Waals surface area contributed by atoms with Gasteiger partial charge in [-0.25, -0.2) is 0 Å². The van der Waals surface area contributed by atoms with E-state index in [9.17, 15) is 9.59 Å². The molecule has 1 saturated heterocycles. The number of halogens is 1. The predicted octanol–water partition coefficient (Wildman–Crippen LogP) is 2.26. The smallest absolute Gasteiger partial charge is 0.287 e. The van der Waals surface area contributed by atoms with Crippen LogP contribution in [0.1, 0.15) is 58.4 Å². The lowest BCUT2D eigenvalue weighted by Gasteiger charge is -2.29. The second-order valence-corrected chi connectivity index (χ2v) is 6.18. The number of fused-ring (bicyclic) bond motifs is 1. The van der Waals surface area contributed by atoms with Gasteiger partial charge in [0.15, 0.2) is 11.5 Å². The van der Waals surface area contributed by atoms with Gasteiger partial charge in [0.1, 0.15) is 5.76 Å². The number of nitrogens with one attached hydrogen (secondary N) is 2. The van der Waals surface area contributed by atoms with E-state index < -0.39 is 0 Å². The van der Waals surface area contributed by atoms with Gasteiger partial charge in [-0.1, -0.05) is 6.92 Å². The van der Waals surface area contributed by atoms with E-state index in [4.69, 9.17) is 4.42 Å². The van der Waals surface area contributed by atoms with Crippen LogP contribution in [0, 0.1) is 12.8 Å². The maximum Gasteiger partial charge on any atom is 0.287 e. The maximum atomic E-state index is 12.5. The van der Waals surface area contributed by atoms with Gasteiger partial charge in [0, 0.05) is 24.4 Å². The van der Waals surface area contributed by atoms with Crippen molar-refractivity contribution < 1.29 is 14.0 Å². The van der Waals surface area contributed by atoms with E-state index in [1.807, 2.05) is 6.92 Å². The number of amides is 1. The minimum atomic E-state index is -0.187. The fourth-order valence-corrected chi connectivity index (χ4v) is 3.33. The molecule has 1 aliphatic carbocycles. The zero-order valence-electron chi connectivity index (χ0n) is 13.0. The van der Waals surface area contributed by atoms with Crippen molar-refractivity contribution in [1.29, 1.82) is 0 Å². The van der Waals surface area contributed by atoms with Gasteiger partial charge in [-0.2, -0.15) is 0 Å². The first-order valence-corrected chi connectivity index (χ1v) is 7.75. The molecule has 2 atom stereocenters. The van der Waals surface area contributed by atoms with Crippen molar-refractivity contribution >= 4 is 24.1 Å². The highest BCUT2D eigenvalue weighted by Gasteiger charge is 2.30. The second kappa shape index (κ2) is 6.84. The van der Waals surface area contributed by atoms with E-state index in [1.165, 1.54) is 0 Å². The zero-order chi connectivity index (χ0) is 15.0. The molecule has 3 rings (SSSR count). The Morgan fingerprint density at radius 2 is 2.14 bits per heavy atom. The molecular weight excluding hydrogens is 304 g/mol. The molecule has 122 valence electrons. The predicted molar refractivity (Wildman–Crippen MR) is 85.9 cm³/mol. The van der Waals surface area contributed by atoms with Crippen LogP contribution in [0.4, 0.5) is 0 Å². The molecule has 1 aliphatic heterocycles. The number of ketones is 1. The van der Waals surface area contributed by atoms with Crippen molar-refractivity contribution in [3.05, 3.63) is 22.6 Å². The molecule has 1 amide bonds. The Labute approximate surface area is 136 Å². The highest BCUT2D eigenvalue weighted by molar-refractivity contribution is 6.03. The molecule has 22 heavy (non-hydrogen) atoms. The molecule has 6 heteroatoms. The van der Waals surface area contributed by atoms with Crippen molar-refractivity contribution in [2.75, 3.05) is 13.1 Å². The normalized spacial score (nSPS) is 24.4. The molecule has 5 nitrogen and oxygen atoms in total. The summed E-state index contributed by atoms with van der Waals surface area (Å²) in [6, 6.07) is 0.163. The summed E-state index contributed by atoms with van der Waals surface area (Å²) in [6.45, 7) is 5.77. The largest absolute Gasteiger partial charge is 0.455 e. The number of hydrogen-bond acceptors (Lipinski definition) is 4. The molecule has 2 heterocycles. The summed E-state index contributed by atoms with van der Waals surface area (Å²) in [6.07, 6.45) is 3.04. The summed E-state index contributed by atoms with van der Waals surface area (Å²) in [5, 5.41) is 6.38. The van der Waals surface area contributed by atoms with Gasteiger partial charge in [0.25, 0.3) is 5.91 Å². The molecule has 0 saturated carbocycles. The lowest BCUT2D eigenvalue weighted by atomic mass is 9.93. The molecule has 0 radical (unpaired) electrons. The average Bonchev–Trinajstić information content (AvgIpc) is 2.80. The minimum absolute atomic E-state index is 0. The van der Waals surface area contributed by atoms with Crippen LogP contribution in [0.5, 0.6) is 0 Å². The van der Waals surface area contributed by atoms with Crippen molar-refractivity contribution in [2.24, 2.45) is 5.92 Å². The third kappa shape index (κ3) is 3.06. The molecule has 1 aromatic heterocycles. The van der Waals surface area contributed by atoms with E-state index >= 15 is 0 Å². The Balaban J connectivity index is 0.00000176.